The summed E-state index contributed by atoms with van der Waals surface area (Å²) in [5, 5.41) is 10.1. The molecule has 0 bridgehead atoms. The second-order valence-corrected chi connectivity index (χ2v) is 5.36. The molecular weight excluding hydrogens is 256 g/mol. The maximum Gasteiger partial charge on any atom is 0.123 e. The summed E-state index contributed by atoms with van der Waals surface area (Å²) >= 11 is 0. The summed E-state index contributed by atoms with van der Waals surface area (Å²) < 4.78 is 0. The van der Waals surface area contributed by atoms with Gasteiger partial charge in [0, 0.05) is 5.56 Å². The molecule has 0 aliphatic carbocycles. The molecule has 0 radical (unpaired) electrons. The molecule has 3 aromatic rings. The summed E-state index contributed by atoms with van der Waals surface area (Å²) in [6.45, 7) is 4.21. The van der Waals surface area contributed by atoms with E-state index in [4.69, 9.17) is 0 Å². The number of para-hydroxylation sites is 1. The molecule has 0 atom stereocenters. The van der Waals surface area contributed by atoms with Crippen molar-refractivity contribution >= 4 is 0 Å². The Morgan fingerprint density at radius 2 is 1.33 bits per heavy atom. The zero-order valence-corrected chi connectivity index (χ0v) is 12.3. The van der Waals surface area contributed by atoms with Crippen molar-refractivity contribution < 1.29 is 5.11 Å². The lowest BCUT2D eigenvalue weighted by molar-refractivity contribution is 0.477. The van der Waals surface area contributed by atoms with Gasteiger partial charge >= 0.3 is 0 Å². The first-order valence-electron chi connectivity index (χ1n) is 7.12. The van der Waals surface area contributed by atoms with E-state index in [-0.39, 0.29) is 0 Å². The van der Waals surface area contributed by atoms with E-state index in [1.165, 1.54) is 22.3 Å². The Hall–Kier alpha value is -2.54. The van der Waals surface area contributed by atoms with E-state index in [2.05, 4.69) is 50.2 Å². The molecule has 1 N–H and O–H groups in total. The molecular formula is C20H18O. The summed E-state index contributed by atoms with van der Waals surface area (Å²) in [7, 11) is 0. The molecule has 0 aliphatic rings. The third-order valence-electron chi connectivity index (χ3n) is 3.86. The first-order chi connectivity index (χ1) is 10.2. The van der Waals surface area contributed by atoms with Gasteiger partial charge in [0.25, 0.3) is 0 Å². The molecule has 0 saturated carbocycles. The molecule has 0 saturated heterocycles. The highest BCUT2D eigenvalue weighted by Crippen LogP contribution is 2.35. The Labute approximate surface area is 125 Å². The van der Waals surface area contributed by atoms with Crippen LogP contribution in [0.1, 0.15) is 11.1 Å². The molecule has 0 aliphatic heterocycles. The monoisotopic (exact) mass is 274 g/mol. The lowest BCUT2D eigenvalue weighted by Crippen LogP contribution is -1.89. The maximum atomic E-state index is 10.1. The van der Waals surface area contributed by atoms with Gasteiger partial charge in [0.1, 0.15) is 5.75 Å². The third-order valence-corrected chi connectivity index (χ3v) is 3.86. The first-order valence-corrected chi connectivity index (χ1v) is 7.12. The predicted octanol–water partition coefficient (Wildman–Crippen LogP) is 5.34. The average molecular weight is 274 g/mol. The fourth-order valence-corrected chi connectivity index (χ4v) is 2.75. The second kappa shape index (κ2) is 5.45. The predicted molar refractivity (Wildman–Crippen MR) is 88.5 cm³/mol. The van der Waals surface area contributed by atoms with Crippen molar-refractivity contribution in [3.05, 3.63) is 77.9 Å². The van der Waals surface area contributed by atoms with Crippen LogP contribution in [0.3, 0.4) is 0 Å². The van der Waals surface area contributed by atoms with Gasteiger partial charge in [-0.1, -0.05) is 66.2 Å². The maximum absolute atomic E-state index is 10.1. The lowest BCUT2D eigenvalue weighted by atomic mass is 9.92. The number of aromatic hydroxyl groups is 1. The molecule has 0 amide bonds. The van der Waals surface area contributed by atoms with E-state index in [1.807, 2.05) is 24.3 Å². The number of rotatable bonds is 2. The van der Waals surface area contributed by atoms with Crippen molar-refractivity contribution in [2.24, 2.45) is 0 Å². The van der Waals surface area contributed by atoms with Gasteiger partial charge in [-0.15, -0.1) is 0 Å². The van der Waals surface area contributed by atoms with Crippen molar-refractivity contribution in [3.63, 3.8) is 0 Å². The minimum absolute atomic E-state index is 0.321. The zero-order valence-electron chi connectivity index (χ0n) is 12.3. The Balaban J connectivity index is 2.18. The van der Waals surface area contributed by atoms with Crippen molar-refractivity contribution in [2.45, 2.75) is 13.8 Å². The standard InChI is InChI=1S/C20H18O/c1-14-7-5-8-16(13-14)17-10-6-11-18(15(17)2)19-9-3-4-12-20(19)21/h3-13,21H,1-2H3. The zero-order chi connectivity index (χ0) is 14.8. The van der Waals surface area contributed by atoms with E-state index in [1.54, 1.807) is 6.07 Å². The van der Waals surface area contributed by atoms with Gasteiger partial charge in [-0.25, -0.2) is 0 Å². The van der Waals surface area contributed by atoms with E-state index >= 15 is 0 Å². The number of phenolic OH excluding ortho intramolecular Hbond substituents is 1. The molecule has 21 heavy (non-hydrogen) atoms. The number of aryl methyl sites for hydroxylation is 1. The SMILES string of the molecule is Cc1cccc(-c2cccc(-c3ccccc3O)c2C)c1. The number of hydrogen-bond donors (Lipinski definition) is 1. The van der Waals surface area contributed by atoms with Crippen molar-refractivity contribution in [2.75, 3.05) is 0 Å². The normalized spacial score (nSPS) is 10.6. The van der Waals surface area contributed by atoms with Crippen LogP contribution < -0.4 is 0 Å². The molecule has 1 heteroatoms. The van der Waals surface area contributed by atoms with Crippen LogP contribution in [0, 0.1) is 13.8 Å². The van der Waals surface area contributed by atoms with Gasteiger partial charge in [0.15, 0.2) is 0 Å². The Morgan fingerprint density at radius 3 is 2.10 bits per heavy atom. The van der Waals surface area contributed by atoms with Crippen molar-refractivity contribution in [1.82, 2.24) is 0 Å². The van der Waals surface area contributed by atoms with Crippen LogP contribution in [0.25, 0.3) is 22.3 Å². The largest absolute Gasteiger partial charge is 0.507 e. The van der Waals surface area contributed by atoms with Crippen molar-refractivity contribution in [1.29, 1.82) is 0 Å². The highest BCUT2D eigenvalue weighted by atomic mass is 16.3. The van der Waals surface area contributed by atoms with Crippen LogP contribution in [-0.4, -0.2) is 5.11 Å². The number of hydrogen-bond acceptors (Lipinski definition) is 1. The highest BCUT2D eigenvalue weighted by Gasteiger charge is 2.10. The molecule has 3 rings (SSSR count). The molecule has 104 valence electrons. The third kappa shape index (κ3) is 2.55. The van der Waals surface area contributed by atoms with Crippen LogP contribution in [0.4, 0.5) is 0 Å². The van der Waals surface area contributed by atoms with Gasteiger partial charge in [-0.3, -0.25) is 0 Å². The molecule has 3 aromatic carbocycles. The summed E-state index contributed by atoms with van der Waals surface area (Å²) in [6, 6.07) is 22.2. The van der Waals surface area contributed by atoms with Gasteiger partial charge in [0.2, 0.25) is 0 Å². The van der Waals surface area contributed by atoms with E-state index < -0.39 is 0 Å². The summed E-state index contributed by atoms with van der Waals surface area (Å²) in [5.41, 5.74) is 6.81. The fourth-order valence-electron chi connectivity index (χ4n) is 2.75. The smallest absolute Gasteiger partial charge is 0.123 e. The molecule has 0 unspecified atom stereocenters. The first kappa shape index (κ1) is 13.4. The molecule has 0 fully saturated rings. The number of phenols is 1. The minimum Gasteiger partial charge on any atom is -0.507 e. The fraction of sp³-hybridized carbons (Fsp3) is 0.100. The van der Waals surface area contributed by atoms with Gasteiger partial charge < -0.3 is 5.11 Å². The van der Waals surface area contributed by atoms with Crippen LogP contribution in [0.15, 0.2) is 66.7 Å². The van der Waals surface area contributed by atoms with Crippen molar-refractivity contribution in [3.8, 4) is 28.0 Å². The van der Waals surface area contributed by atoms with Gasteiger partial charge in [0.05, 0.1) is 0 Å². The van der Waals surface area contributed by atoms with Crippen LogP contribution >= 0.6 is 0 Å². The quantitative estimate of drug-likeness (QED) is 0.668. The van der Waals surface area contributed by atoms with E-state index in [9.17, 15) is 5.11 Å². The van der Waals surface area contributed by atoms with Crippen LogP contribution in [0.5, 0.6) is 5.75 Å². The van der Waals surface area contributed by atoms with Gasteiger partial charge in [-0.2, -0.15) is 0 Å². The van der Waals surface area contributed by atoms with Crippen LogP contribution in [-0.2, 0) is 0 Å². The molecule has 1 nitrogen and oxygen atoms in total. The highest BCUT2D eigenvalue weighted by molar-refractivity contribution is 5.80. The average Bonchev–Trinajstić information content (AvgIpc) is 2.48. The summed E-state index contributed by atoms with van der Waals surface area (Å²) in [4.78, 5) is 0. The molecule has 0 aromatic heterocycles. The Kier molecular flexibility index (Phi) is 3.49. The Bertz CT molecular complexity index is 787. The lowest BCUT2D eigenvalue weighted by Gasteiger charge is -2.13. The summed E-state index contributed by atoms with van der Waals surface area (Å²) in [6.07, 6.45) is 0. The van der Waals surface area contributed by atoms with E-state index in [0.717, 1.165) is 11.1 Å². The van der Waals surface area contributed by atoms with E-state index in [0.29, 0.717) is 5.75 Å². The van der Waals surface area contributed by atoms with Gasteiger partial charge in [-0.05, 0) is 42.2 Å². The topological polar surface area (TPSA) is 20.2 Å². The summed E-state index contributed by atoms with van der Waals surface area (Å²) in [5.74, 6) is 0.321. The Morgan fingerprint density at radius 1 is 0.667 bits per heavy atom. The minimum atomic E-state index is 0.321. The van der Waals surface area contributed by atoms with Crippen LogP contribution in [0.2, 0.25) is 0 Å². The molecule has 0 spiro atoms. The second-order valence-electron chi connectivity index (χ2n) is 5.36. The number of benzene rings is 3. The molecule has 0 heterocycles.